The Labute approximate surface area is 174 Å². The molecule has 30 heavy (non-hydrogen) atoms. The lowest BCUT2D eigenvalue weighted by Gasteiger charge is -2.32. The van der Waals surface area contributed by atoms with Crippen LogP contribution in [0.5, 0.6) is 0 Å². The van der Waals surface area contributed by atoms with E-state index in [1.54, 1.807) is 7.11 Å². The molecule has 2 N–H and O–H groups in total. The minimum Gasteiger partial charge on any atom is -0.383 e. The van der Waals surface area contributed by atoms with E-state index in [9.17, 15) is 0 Å². The molecule has 156 valence electrons. The summed E-state index contributed by atoms with van der Waals surface area (Å²) in [5.74, 6) is 2.31. The molecule has 0 bridgehead atoms. The molecule has 1 aliphatic heterocycles. The number of benzene rings is 1. The topological polar surface area (TPSA) is 96.3 Å². The SMILES string of the molecule is COCCN1CCC(Nc2nc(-c3nc4ccccc4[nH]3)cn3c(C)nnc23)CC1. The first-order valence-electron chi connectivity index (χ1n) is 10.4. The molecule has 0 amide bonds. The van der Waals surface area contributed by atoms with E-state index in [4.69, 9.17) is 14.7 Å². The molecule has 0 saturated carbocycles. The number of aryl methyl sites for hydroxylation is 1. The van der Waals surface area contributed by atoms with Crippen molar-refractivity contribution < 1.29 is 4.74 Å². The predicted molar refractivity (Wildman–Crippen MR) is 116 cm³/mol. The van der Waals surface area contributed by atoms with Crippen molar-refractivity contribution in [3.63, 3.8) is 0 Å². The average Bonchev–Trinajstić information content (AvgIpc) is 3.37. The number of nitrogens with one attached hydrogen (secondary N) is 2. The first kappa shape index (κ1) is 19.0. The minimum absolute atomic E-state index is 0.350. The second-order valence-electron chi connectivity index (χ2n) is 7.77. The molecular formula is C21H26N8O. The number of fused-ring (bicyclic) bond motifs is 2. The van der Waals surface area contributed by atoms with Crippen molar-refractivity contribution in [2.45, 2.75) is 25.8 Å². The summed E-state index contributed by atoms with van der Waals surface area (Å²) in [6.07, 6.45) is 4.06. The number of anilines is 1. The van der Waals surface area contributed by atoms with Crippen LogP contribution in [0.4, 0.5) is 5.82 Å². The van der Waals surface area contributed by atoms with Gasteiger partial charge in [0.15, 0.2) is 11.6 Å². The zero-order valence-electron chi connectivity index (χ0n) is 17.3. The molecule has 0 unspecified atom stereocenters. The highest BCUT2D eigenvalue weighted by atomic mass is 16.5. The predicted octanol–water partition coefficient (Wildman–Crippen LogP) is 2.50. The van der Waals surface area contributed by atoms with Gasteiger partial charge in [-0.1, -0.05) is 12.1 Å². The van der Waals surface area contributed by atoms with Crippen molar-refractivity contribution in [2.75, 3.05) is 38.7 Å². The summed E-state index contributed by atoms with van der Waals surface area (Å²) < 4.78 is 7.18. The molecule has 1 aromatic carbocycles. The molecule has 0 spiro atoms. The van der Waals surface area contributed by atoms with Gasteiger partial charge in [-0.2, -0.15) is 0 Å². The van der Waals surface area contributed by atoms with Gasteiger partial charge in [0.25, 0.3) is 0 Å². The smallest absolute Gasteiger partial charge is 0.203 e. The van der Waals surface area contributed by atoms with Crippen LogP contribution in [0.15, 0.2) is 30.5 Å². The van der Waals surface area contributed by atoms with Crippen molar-refractivity contribution in [1.29, 1.82) is 0 Å². The number of imidazole rings is 1. The van der Waals surface area contributed by atoms with Gasteiger partial charge in [0.05, 0.1) is 17.6 Å². The molecule has 0 radical (unpaired) electrons. The number of ether oxygens (including phenoxy) is 1. The number of aromatic nitrogens is 6. The summed E-state index contributed by atoms with van der Waals surface area (Å²) in [5.41, 5.74) is 3.43. The van der Waals surface area contributed by atoms with Crippen molar-refractivity contribution >= 4 is 22.5 Å². The fourth-order valence-corrected chi connectivity index (χ4v) is 4.01. The number of para-hydroxylation sites is 2. The Morgan fingerprint density at radius 3 is 2.80 bits per heavy atom. The largest absolute Gasteiger partial charge is 0.383 e. The van der Waals surface area contributed by atoms with Gasteiger partial charge < -0.3 is 19.9 Å². The molecule has 0 atom stereocenters. The number of hydrogen-bond acceptors (Lipinski definition) is 7. The van der Waals surface area contributed by atoms with Gasteiger partial charge in [0, 0.05) is 39.0 Å². The maximum absolute atomic E-state index is 5.20. The van der Waals surface area contributed by atoms with Crippen molar-refractivity contribution in [3.8, 4) is 11.5 Å². The number of rotatable bonds is 6. The lowest BCUT2D eigenvalue weighted by Crippen LogP contribution is -2.40. The Morgan fingerprint density at radius 2 is 2.00 bits per heavy atom. The average molecular weight is 406 g/mol. The van der Waals surface area contributed by atoms with Gasteiger partial charge in [0.2, 0.25) is 5.65 Å². The Hall–Kier alpha value is -3.04. The van der Waals surface area contributed by atoms with E-state index in [-0.39, 0.29) is 0 Å². The van der Waals surface area contributed by atoms with Crippen molar-refractivity contribution in [1.82, 2.24) is 34.4 Å². The third-order valence-electron chi connectivity index (χ3n) is 5.73. The first-order valence-corrected chi connectivity index (χ1v) is 10.4. The molecule has 4 heterocycles. The quantitative estimate of drug-likeness (QED) is 0.508. The Kier molecular flexibility index (Phi) is 5.06. The number of hydrogen-bond donors (Lipinski definition) is 2. The fourth-order valence-electron chi connectivity index (χ4n) is 4.01. The van der Waals surface area contributed by atoms with Crippen molar-refractivity contribution in [3.05, 3.63) is 36.3 Å². The van der Waals surface area contributed by atoms with Gasteiger partial charge in [-0.25, -0.2) is 9.97 Å². The molecule has 5 rings (SSSR count). The van der Waals surface area contributed by atoms with E-state index >= 15 is 0 Å². The molecule has 3 aromatic heterocycles. The molecule has 1 saturated heterocycles. The van der Waals surface area contributed by atoms with E-state index in [1.165, 1.54) is 0 Å². The summed E-state index contributed by atoms with van der Waals surface area (Å²) in [7, 11) is 1.75. The molecular weight excluding hydrogens is 380 g/mol. The first-order chi connectivity index (χ1) is 14.7. The summed E-state index contributed by atoms with van der Waals surface area (Å²) in [5, 5.41) is 12.2. The Morgan fingerprint density at radius 1 is 1.17 bits per heavy atom. The van der Waals surface area contributed by atoms with E-state index < -0.39 is 0 Å². The monoisotopic (exact) mass is 406 g/mol. The molecule has 1 aliphatic rings. The summed E-state index contributed by atoms with van der Waals surface area (Å²) in [4.78, 5) is 15.4. The lowest BCUT2D eigenvalue weighted by atomic mass is 10.1. The van der Waals surface area contributed by atoms with Gasteiger partial charge in [0.1, 0.15) is 11.5 Å². The number of nitrogens with zero attached hydrogens (tertiary/aromatic N) is 6. The fraction of sp³-hybridized carbons (Fsp3) is 0.429. The Bertz CT molecular complexity index is 1130. The molecule has 9 nitrogen and oxygen atoms in total. The zero-order chi connectivity index (χ0) is 20.5. The second-order valence-corrected chi connectivity index (χ2v) is 7.77. The Balaban J connectivity index is 1.43. The normalized spacial score (nSPS) is 15.9. The van der Waals surface area contributed by atoms with Crippen LogP contribution < -0.4 is 5.32 Å². The minimum atomic E-state index is 0.350. The number of likely N-dealkylation sites (tertiary alicyclic amines) is 1. The molecule has 1 fully saturated rings. The van der Waals surface area contributed by atoms with E-state index in [0.29, 0.717) is 6.04 Å². The summed E-state index contributed by atoms with van der Waals surface area (Å²) in [6, 6.07) is 8.35. The van der Waals surface area contributed by atoms with Gasteiger partial charge in [-0.15, -0.1) is 10.2 Å². The summed E-state index contributed by atoms with van der Waals surface area (Å²) >= 11 is 0. The van der Waals surface area contributed by atoms with Crippen LogP contribution in [0.2, 0.25) is 0 Å². The van der Waals surface area contributed by atoms with Crippen LogP contribution in [-0.4, -0.2) is 73.8 Å². The van der Waals surface area contributed by atoms with E-state index in [0.717, 1.165) is 78.9 Å². The molecule has 4 aromatic rings. The molecule has 9 heteroatoms. The maximum atomic E-state index is 5.20. The second kappa shape index (κ2) is 8.00. The van der Waals surface area contributed by atoms with Crippen LogP contribution in [0, 0.1) is 6.92 Å². The van der Waals surface area contributed by atoms with Crippen LogP contribution >= 0.6 is 0 Å². The van der Waals surface area contributed by atoms with Crippen LogP contribution in [-0.2, 0) is 4.74 Å². The summed E-state index contributed by atoms with van der Waals surface area (Å²) in [6.45, 7) is 5.80. The van der Waals surface area contributed by atoms with E-state index in [2.05, 4.69) is 25.4 Å². The zero-order valence-corrected chi connectivity index (χ0v) is 17.3. The third kappa shape index (κ3) is 3.61. The number of aromatic amines is 1. The van der Waals surface area contributed by atoms with Gasteiger partial charge in [-0.05, 0) is 31.9 Å². The third-order valence-corrected chi connectivity index (χ3v) is 5.73. The van der Waals surface area contributed by atoms with Crippen LogP contribution in [0.1, 0.15) is 18.7 Å². The lowest BCUT2D eigenvalue weighted by molar-refractivity contribution is 0.132. The highest BCUT2D eigenvalue weighted by Crippen LogP contribution is 2.24. The van der Waals surface area contributed by atoms with Gasteiger partial charge in [-0.3, -0.25) is 4.40 Å². The number of H-pyrrole nitrogens is 1. The van der Waals surface area contributed by atoms with Crippen LogP contribution in [0.25, 0.3) is 28.2 Å². The number of methoxy groups -OCH3 is 1. The van der Waals surface area contributed by atoms with Crippen molar-refractivity contribution in [2.24, 2.45) is 0 Å². The highest BCUT2D eigenvalue weighted by molar-refractivity contribution is 5.79. The van der Waals surface area contributed by atoms with E-state index in [1.807, 2.05) is 41.8 Å². The maximum Gasteiger partial charge on any atom is 0.203 e. The highest BCUT2D eigenvalue weighted by Gasteiger charge is 2.22. The number of piperidine rings is 1. The van der Waals surface area contributed by atoms with Crippen LogP contribution in [0.3, 0.4) is 0 Å². The standard InChI is InChI=1S/C21H26N8O/c1-14-26-27-21-20(22-15-7-9-28(10-8-15)11-12-30-2)25-18(13-29(14)21)19-23-16-5-3-4-6-17(16)24-19/h3-6,13,15H,7-12H2,1-2H3,(H,22,25)(H,23,24). The molecule has 0 aliphatic carbocycles. The van der Waals surface area contributed by atoms with Gasteiger partial charge >= 0.3 is 0 Å².